The molecule has 104 valence electrons. The summed E-state index contributed by atoms with van der Waals surface area (Å²) in [4.78, 5) is 12.7. The molecule has 2 fully saturated rings. The molecule has 3 nitrogen and oxygen atoms in total. The topological polar surface area (TPSA) is 55.1 Å². The summed E-state index contributed by atoms with van der Waals surface area (Å²) >= 11 is 1.86. The lowest BCUT2D eigenvalue weighted by molar-refractivity contribution is -0.122. The number of nitrogens with one attached hydrogen (secondary N) is 1. The monoisotopic (exact) mass is 278 g/mol. The van der Waals surface area contributed by atoms with E-state index in [2.05, 4.69) is 22.8 Å². The summed E-state index contributed by atoms with van der Waals surface area (Å²) in [6, 6.07) is 5.48. The van der Waals surface area contributed by atoms with Crippen molar-refractivity contribution >= 4 is 17.2 Å². The molecule has 4 heteroatoms. The third-order valence-electron chi connectivity index (χ3n) is 4.49. The molecule has 1 heterocycles. The first-order chi connectivity index (χ1) is 9.24. The Hall–Kier alpha value is -0.870. The number of amides is 1. The van der Waals surface area contributed by atoms with Crippen LogP contribution >= 0.6 is 11.3 Å². The van der Waals surface area contributed by atoms with Crippen LogP contribution in [-0.2, 0) is 4.79 Å². The maximum Gasteiger partial charge on any atom is 0.220 e. The van der Waals surface area contributed by atoms with Crippen molar-refractivity contribution < 1.29 is 4.79 Å². The molecule has 1 atom stereocenters. The van der Waals surface area contributed by atoms with Crippen molar-refractivity contribution in [2.24, 2.45) is 17.6 Å². The van der Waals surface area contributed by atoms with Gasteiger partial charge >= 0.3 is 0 Å². The fourth-order valence-electron chi connectivity index (χ4n) is 3.15. The van der Waals surface area contributed by atoms with Crippen LogP contribution in [0.3, 0.4) is 0 Å². The third kappa shape index (κ3) is 3.18. The van der Waals surface area contributed by atoms with Gasteiger partial charge in [0.25, 0.3) is 0 Å². The molecule has 1 amide bonds. The van der Waals surface area contributed by atoms with Crippen LogP contribution in [0.1, 0.15) is 49.4 Å². The van der Waals surface area contributed by atoms with Crippen molar-refractivity contribution in [3.63, 3.8) is 0 Å². The minimum Gasteiger partial charge on any atom is -0.369 e. The first-order valence-electron chi connectivity index (χ1n) is 7.33. The van der Waals surface area contributed by atoms with Gasteiger partial charge in [0, 0.05) is 22.9 Å². The number of rotatable bonds is 5. The number of thiophene rings is 1. The van der Waals surface area contributed by atoms with E-state index in [4.69, 9.17) is 5.73 Å². The molecule has 0 radical (unpaired) electrons. The lowest BCUT2D eigenvalue weighted by Crippen LogP contribution is -2.39. The molecule has 3 N–H and O–H groups in total. The van der Waals surface area contributed by atoms with Crippen LogP contribution in [0.5, 0.6) is 0 Å². The fraction of sp³-hybridized carbons (Fsp3) is 0.667. The van der Waals surface area contributed by atoms with Crippen molar-refractivity contribution in [3.8, 4) is 0 Å². The molecule has 1 aromatic rings. The molecule has 19 heavy (non-hydrogen) atoms. The van der Waals surface area contributed by atoms with Gasteiger partial charge in [-0.2, -0.15) is 0 Å². The number of nitrogens with two attached hydrogens (primary N) is 1. The maximum atomic E-state index is 11.2. The van der Waals surface area contributed by atoms with E-state index in [0.717, 1.165) is 31.6 Å². The standard InChI is InChI=1S/C15H22N2OS/c16-15(18)11-5-7-12(8-6-11)17-14(10-3-4-10)13-2-1-9-19-13/h1-2,9-12,14,17H,3-8H2,(H2,16,18). The summed E-state index contributed by atoms with van der Waals surface area (Å²) in [6.07, 6.45) is 6.78. The van der Waals surface area contributed by atoms with Crippen LogP contribution in [0.2, 0.25) is 0 Å². The Morgan fingerprint density at radius 1 is 1.26 bits per heavy atom. The van der Waals surface area contributed by atoms with Crippen LogP contribution in [-0.4, -0.2) is 11.9 Å². The van der Waals surface area contributed by atoms with E-state index in [1.165, 1.54) is 17.7 Å². The third-order valence-corrected chi connectivity index (χ3v) is 5.44. The van der Waals surface area contributed by atoms with Gasteiger partial charge in [0.15, 0.2) is 0 Å². The highest BCUT2D eigenvalue weighted by Gasteiger charge is 2.35. The Bertz CT molecular complexity index is 419. The van der Waals surface area contributed by atoms with E-state index in [0.29, 0.717) is 12.1 Å². The largest absolute Gasteiger partial charge is 0.369 e. The van der Waals surface area contributed by atoms with E-state index in [1.807, 2.05) is 11.3 Å². The number of hydrogen-bond donors (Lipinski definition) is 2. The molecule has 0 saturated heterocycles. The van der Waals surface area contributed by atoms with Gasteiger partial charge in [-0.1, -0.05) is 6.07 Å². The lowest BCUT2D eigenvalue weighted by Gasteiger charge is -2.31. The molecule has 2 aliphatic rings. The van der Waals surface area contributed by atoms with E-state index in [-0.39, 0.29) is 11.8 Å². The summed E-state index contributed by atoms with van der Waals surface area (Å²) in [5.41, 5.74) is 5.39. The molecule has 0 aromatic carbocycles. The van der Waals surface area contributed by atoms with Gasteiger partial charge in [0.05, 0.1) is 0 Å². The fourth-order valence-corrected chi connectivity index (χ4v) is 4.03. The van der Waals surface area contributed by atoms with Crippen LogP contribution < -0.4 is 11.1 Å². The molecule has 1 unspecified atom stereocenters. The summed E-state index contributed by atoms with van der Waals surface area (Å²) in [5, 5.41) is 6.00. The summed E-state index contributed by atoms with van der Waals surface area (Å²) in [7, 11) is 0. The summed E-state index contributed by atoms with van der Waals surface area (Å²) in [6.45, 7) is 0. The van der Waals surface area contributed by atoms with Crippen LogP contribution in [0.15, 0.2) is 17.5 Å². The SMILES string of the molecule is NC(=O)C1CCC(NC(c2cccs2)C2CC2)CC1. The van der Waals surface area contributed by atoms with Gasteiger partial charge < -0.3 is 11.1 Å². The molecule has 1 aromatic heterocycles. The normalized spacial score (nSPS) is 29.1. The smallest absolute Gasteiger partial charge is 0.220 e. The van der Waals surface area contributed by atoms with Crippen LogP contribution in [0.25, 0.3) is 0 Å². The van der Waals surface area contributed by atoms with Crippen molar-refractivity contribution in [3.05, 3.63) is 22.4 Å². The molecule has 3 rings (SSSR count). The second kappa shape index (κ2) is 5.63. The van der Waals surface area contributed by atoms with Gasteiger partial charge in [-0.3, -0.25) is 4.79 Å². The van der Waals surface area contributed by atoms with Crippen molar-refractivity contribution in [1.82, 2.24) is 5.32 Å². The van der Waals surface area contributed by atoms with Crippen molar-refractivity contribution in [2.45, 2.75) is 50.6 Å². The second-order valence-corrected chi connectivity index (χ2v) is 6.93. The zero-order valence-electron chi connectivity index (χ0n) is 11.2. The van der Waals surface area contributed by atoms with Gasteiger partial charge in [-0.15, -0.1) is 11.3 Å². The summed E-state index contributed by atoms with van der Waals surface area (Å²) < 4.78 is 0. The van der Waals surface area contributed by atoms with E-state index >= 15 is 0 Å². The Balaban J connectivity index is 1.57. The first-order valence-corrected chi connectivity index (χ1v) is 8.21. The number of primary amides is 1. The van der Waals surface area contributed by atoms with Crippen molar-refractivity contribution in [1.29, 1.82) is 0 Å². The molecule has 2 saturated carbocycles. The van der Waals surface area contributed by atoms with Gasteiger partial charge in [-0.25, -0.2) is 0 Å². The maximum absolute atomic E-state index is 11.2. The molecular formula is C15H22N2OS. The van der Waals surface area contributed by atoms with E-state index in [9.17, 15) is 4.79 Å². The van der Waals surface area contributed by atoms with Gasteiger partial charge in [0.1, 0.15) is 0 Å². The Kier molecular flexibility index (Phi) is 3.89. The summed E-state index contributed by atoms with van der Waals surface area (Å²) in [5.74, 6) is 0.821. The predicted molar refractivity (Wildman–Crippen MR) is 77.9 cm³/mol. The number of carbonyl (C=O) groups is 1. The Labute approximate surface area is 118 Å². The molecule has 2 aliphatic carbocycles. The highest BCUT2D eigenvalue weighted by atomic mass is 32.1. The molecule has 0 bridgehead atoms. The quantitative estimate of drug-likeness (QED) is 0.870. The number of hydrogen-bond acceptors (Lipinski definition) is 3. The minimum absolute atomic E-state index is 0.110. The molecule has 0 aliphatic heterocycles. The average Bonchev–Trinajstić information content (AvgIpc) is 3.11. The first kappa shape index (κ1) is 13.1. The highest BCUT2D eigenvalue weighted by Crippen LogP contribution is 2.43. The van der Waals surface area contributed by atoms with Gasteiger partial charge in [-0.05, 0) is 55.9 Å². The zero-order chi connectivity index (χ0) is 13.2. The highest BCUT2D eigenvalue weighted by molar-refractivity contribution is 7.10. The van der Waals surface area contributed by atoms with Crippen molar-refractivity contribution in [2.75, 3.05) is 0 Å². The second-order valence-electron chi connectivity index (χ2n) is 5.95. The average molecular weight is 278 g/mol. The number of carbonyl (C=O) groups excluding carboxylic acids is 1. The van der Waals surface area contributed by atoms with E-state index in [1.54, 1.807) is 0 Å². The van der Waals surface area contributed by atoms with Crippen LogP contribution in [0, 0.1) is 11.8 Å². The Morgan fingerprint density at radius 3 is 2.53 bits per heavy atom. The lowest BCUT2D eigenvalue weighted by atomic mass is 9.85. The van der Waals surface area contributed by atoms with Gasteiger partial charge in [0.2, 0.25) is 5.91 Å². The predicted octanol–water partition coefficient (Wildman–Crippen LogP) is 2.83. The zero-order valence-corrected chi connectivity index (χ0v) is 12.0. The minimum atomic E-state index is -0.115. The van der Waals surface area contributed by atoms with E-state index < -0.39 is 0 Å². The molecule has 0 spiro atoms. The molecular weight excluding hydrogens is 256 g/mol. The van der Waals surface area contributed by atoms with Crippen LogP contribution in [0.4, 0.5) is 0 Å². The Morgan fingerprint density at radius 2 is 2.00 bits per heavy atom.